The maximum atomic E-state index is 11.8. The number of rotatable bonds is 4. The molecule has 1 aromatic rings. The lowest BCUT2D eigenvalue weighted by atomic mass is 10.1. The highest BCUT2D eigenvalue weighted by atomic mass is 16.5. The molecule has 5 nitrogen and oxygen atoms in total. The number of ether oxygens (including phenoxy) is 1. The molecule has 0 atom stereocenters. The van der Waals surface area contributed by atoms with Crippen LogP contribution in [0.5, 0.6) is 0 Å². The fraction of sp³-hybridized carbons (Fsp3) is 0.286. The molecular weight excluding hydrogens is 246 g/mol. The summed E-state index contributed by atoms with van der Waals surface area (Å²) >= 11 is 0. The van der Waals surface area contributed by atoms with Gasteiger partial charge < -0.3 is 15.2 Å². The molecule has 1 rings (SSSR count). The Morgan fingerprint density at radius 2 is 2.21 bits per heavy atom. The molecule has 19 heavy (non-hydrogen) atoms. The van der Waals surface area contributed by atoms with Crippen LogP contribution in [0.4, 0.5) is 0 Å². The molecule has 5 heteroatoms. The van der Waals surface area contributed by atoms with Gasteiger partial charge in [0.25, 0.3) is 5.91 Å². The number of nitrogens with one attached hydrogen (secondary N) is 1. The Balaban J connectivity index is 2.64. The van der Waals surface area contributed by atoms with Crippen LogP contribution < -0.4 is 5.32 Å². The summed E-state index contributed by atoms with van der Waals surface area (Å²) in [5.41, 5.74) is 1.02. The predicted octanol–water partition coefficient (Wildman–Crippen LogP) is 0.323. The number of hydrogen-bond donors (Lipinski definition) is 2. The van der Waals surface area contributed by atoms with Crippen LogP contribution in [0.25, 0.3) is 0 Å². The van der Waals surface area contributed by atoms with E-state index in [1.165, 1.54) is 0 Å². The van der Waals surface area contributed by atoms with Crippen molar-refractivity contribution in [2.24, 2.45) is 0 Å². The Morgan fingerprint density at radius 3 is 2.89 bits per heavy atom. The highest BCUT2D eigenvalue weighted by Gasteiger charge is 2.08. The summed E-state index contributed by atoms with van der Waals surface area (Å²) in [7, 11) is 0. The lowest BCUT2D eigenvalue weighted by Gasteiger charge is -2.05. The molecule has 0 bridgehead atoms. The van der Waals surface area contributed by atoms with E-state index in [1.807, 2.05) is 0 Å². The molecule has 0 saturated heterocycles. The van der Waals surface area contributed by atoms with E-state index in [0.717, 1.165) is 0 Å². The average molecular weight is 261 g/mol. The number of aliphatic hydroxyl groups excluding tert-OH is 1. The van der Waals surface area contributed by atoms with E-state index in [9.17, 15) is 9.59 Å². The SMILES string of the molecule is CCOC(=O)CNC(=O)c1cccc(C#CCO)c1. The first-order valence-corrected chi connectivity index (χ1v) is 5.81. The van der Waals surface area contributed by atoms with Crippen molar-refractivity contribution in [1.82, 2.24) is 5.32 Å². The minimum absolute atomic E-state index is 0.167. The quantitative estimate of drug-likeness (QED) is 0.604. The number of amides is 1. The molecule has 0 saturated carbocycles. The molecule has 0 fully saturated rings. The van der Waals surface area contributed by atoms with E-state index in [1.54, 1.807) is 31.2 Å². The van der Waals surface area contributed by atoms with E-state index >= 15 is 0 Å². The number of esters is 1. The number of aliphatic hydroxyl groups is 1. The van der Waals surface area contributed by atoms with E-state index in [2.05, 4.69) is 17.2 Å². The third-order valence-corrected chi connectivity index (χ3v) is 2.14. The molecule has 1 amide bonds. The first-order chi connectivity index (χ1) is 9.17. The lowest BCUT2D eigenvalue weighted by Crippen LogP contribution is -2.30. The number of carbonyl (C=O) groups excluding carboxylic acids is 2. The zero-order chi connectivity index (χ0) is 14.1. The van der Waals surface area contributed by atoms with Gasteiger partial charge in [0.15, 0.2) is 0 Å². The third-order valence-electron chi connectivity index (χ3n) is 2.14. The van der Waals surface area contributed by atoms with Gasteiger partial charge in [0.1, 0.15) is 13.2 Å². The standard InChI is InChI=1S/C14H15NO4/c1-2-19-13(17)10-15-14(18)12-7-3-5-11(9-12)6-4-8-16/h3,5,7,9,16H,2,8,10H2,1H3,(H,15,18). The van der Waals surface area contributed by atoms with Crippen LogP contribution in [-0.4, -0.2) is 36.7 Å². The highest BCUT2D eigenvalue weighted by Crippen LogP contribution is 2.03. The normalized spacial score (nSPS) is 9.16. The summed E-state index contributed by atoms with van der Waals surface area (Å²) in [6.45, 7) is 1.57. The monoisotopic (exact) mass is 261 g/mol. The van der Waals surface area contributed by atoms with Crippen molar-refractivity contribution < 1.29 is 19.4 Å². The molecule has 0 aliphatic heterocycles. The van der Waals surface area contributed by atoms with Crippen molar-refractivity contribution in [3.05, 3.63) is 35.4 Å². The van der Waals surface area contributed by atoms with Gasteiger partial charge >= 0.3 is 5.97 Å². The molecule has 0 aromatic heterocycles. The molecule has 0 radical (unpaired) electrons. The summed E-state index contributed by atoms with van der Waals surface area (Å²) in [6.07, 6.45) is 0. The van der Waals surface area contributed by atoms with Gasteiger partial charge in [-0.05, 0) is 25.1 Å². The van der Waals surface area contributed by atoms with Gasteiger partial charge in [-0.1, -0.05) is 17.9 Å². The third kappa shape index (κ3) is 5.23. The molecule has 100 valence electrons. The van der Waals surface area contributed by atoms with E-state index in [4.69, 9.17) is 9.84 Å². The van der Waals surface area contributed by atoms with Crippen LogP contribution in [0.2, 0.25) is 0 Å². The second-order valence-electron chi connectivity index (χ2n) is 3.53. The van der Waals surface area contributed by atoms with Crippen LogP contribution in [0, 0.1) is 11.8 Å². The van der Waals surface area contributed by atoms with Gasteiger partial charge in [0, 0.05) is 11.1 Å². The molecule has 0 aliphatic carbocycles. The van der Waals surface area contributed by atoms with Crippen molar-refractivity contribution in [2.75, 3.05) is 19.8 Å². The zero-order valence-electron chi connectivity index (χ0n) is 10.6. The minimum atomic E-state index is -0.480. The van der Waals surface area contributed by atoms with Gasteiger partial charge in [0.05, 0.1) is 6.61 Å². The van der Waals surface area contributed by atoms with Crippen molar-refractivity contribution in [1.29, 1.82) is 0 Å². The van der Waals surface area contributed by atoms with E-state index in [0.29, 0.717) is 11.1 Å². The Bertz CT molecular complexity index is 514. The van der Waals surface area contributed by atoms with Crippen LogP contribution in [0.15, 0.2) is 24.3 Å². The molecular formula is C14H15NO4. The Hall–Kier alpha value is -2.32. The number of hydrogen-bond acceptors (Lipinski definition) is 4. The van der Waals surface area contributed by atoms with Gasteiger partial charge in [-0.2, -0.15) is 0 Å². The van der Waals surface area contributed by atoms with Crippen molar-refractivity contribution in [3.63, 3.8) is 0 Å². The van der Waals surface area contributed by atoms with Crippen molar-refractivity contribution in [2.45, 2.75) is 6.92 Å². The summed E-state index contributed by atoms with van der Waals surface area (Å²) in [5.74, 6) is 4.35. The van der Waals surface area contributed by atoms with Crippen LogP contribution >= 0.6 is 0 Å². The van der Waals surface area contributed by atoms with Gasteiger partial charge in [-0.15, -0.1) is 0 Å². The molecule has 0 aliphatic rings. The predicted molar refractivity (Wildman–Crippen MR) is 69.4 cm³/mol. The van der Waals surface area contributed by atoms with Crippen molar-refractivity contribution >= 4 is 11.9 Å². The maximum Gasteiger partial charge on any atom is 0.325 e. The maximum absolute atomic E-state index is 11.8. The largest absolute Gasteiger partial charge is 0.465 e. The number of carbonyl (C=O) groups is 2. The Morgan fingerprint density at radius 1 is 1.42 bits per heavy atom. The molecule has 0 spiro atoms. The Labute approximate surface area is 111 Å². The fourth-order valence-electron chi connectivity index (χ4n) is 1.35. The summed E-state index contributed by atoms with van der Waals surface area (Å²) in [5, 5.41) is 11.1. The summed E-state index contributed by atoms with van der Waals surface area (Å²) in [4.78, 5) is 22.9. The zero-order valence-corrected chi connectivity index (χ0v) is 10.6. The molecule has 0 heterocycles. The molecule has 0 unspecified atom stereocenters. The average Bonchev–Trinajstić information content (AvgIpc) is 2.43. The summed E-state index contributed by atoms with van der Waals surface area (Å²) < 4.78 is 4.70. The summed E-state index contributed by atoms with van der Waals surface area (Å²) in [6, 6.07) is 6.61. The van der Waals surface area contributed by atoms with Crippen LogP contribution in [0.1, 0.15) is 22.8 Å². The second kappa shape index (κ2) is 7.90. The highest BCUT2D eigenvalue weighted by molar-refractivity contribution is 5.96. The van der Waals surface area contributed by atoms with Crippen LogP contribution in [-0.2, 0) is 9.53 Å². The lowest BCUT2D eigenvalue weighted by molar-refractivity contribution is -0.141. The van der Waals surface area contributed by atoms with Gasteiger partial charge in [-0.25, -0.2) is 0 Å². The van der Waals surface area contributed by atoms with Crippen molar-refractivity contribution in [3.8, 4) is 11.8 Å². The first kappa shape index (κ1) is 14.7. The first-order valence-electron chi connectivity index (χ1n) is 5.81. The molecule has 2 N–H and O–H groups in total. The fourth-order valence-corrected chi connectivity index (χ4v) is 1.35. The minimum Gasteiger partial charge on any atom is -0.465 e. The van der Waals surface area contributed by atoms with E-state index in [-0.39, 0.29) is 25.7 Å². The Kier molecular flexibility index (Phi) is 6.13. The second-order valence-corrected chi connectivity index (χ2v) is 3.53. The van der Waals surface area contributed by atoms with Gasteiger partial charge in [0.2, 0.25) is 0 Å². The van der Waals surface area contributed by atoms with Crippen LogP contribution in [0.3, 0.4) is 0 Å². The van der Waals surface area contributed by atoms with Gasteiger partial charge in [-0.3, -0.25) is 9.59 Å². The molecule has 1 aromatic carbocycles. The smallest absolute Gasteiger partial charge is 0.325 e. The number of benzene rings is 1. The topological polar surface area (TPSA) is 75.6 Å². The van der Waals surface area contributed by atoms with E-state index < -0.39 is 5.97 Å².